The van der Waals surface area contributed by atoms with E-state index in [1.165, 1.54) is 0 Å². The second-order valence-corrected chi connectivity index (χ2v) is 5.51. The van der Waals surface area contributed by atoms with Crippen LogP contribution in [0.15, 0.2) is 10.5 Å². The molecule has 0 atom stereocenters. The predicted molar refractivity (Wildman–Crippen MR) is 67.9 cm³/mol. The molecular weight excluding hydrogens is 304 g/mol. The number of amides is 1. The Labute approximate surface area is 113 Å². The van der Waals surface area contributed by atoms with Gasteiger partial charge in [0, 0.05) is 6.07 Å². The molecule has 0 saturated carbocycles. The molecular formula is C11H13BrN2O4. The maximum absolute atomic E-state index is 11.6. The van der Waals surface area contributed by atoms with Crippen molar-refractivity contribution in [2.45, 2.75) is 26.4 Å². The molecule has 1 aliphatic rings. The van der Waals surface area contributed by atoms with Crippen molar-refractivity contribution in [1.82, 2.24) is 4.98 Å². The summed E-state index contributed by atoms with van der Waals surface area (Å²) in [7, 11) is 0. The maximum atomic E-state index is 11.6. The average molecular weight is 317 g/mol. The van der Waals surface area contributed by atoms with Gasteiger partial charge in [-0.25, -0.2) is 4.79 Å². The largest absolute Gasteiger partial charge is 0.452 e. The van der Waals surface area contributed by atoms with Crippen molar-refractivity contribution in [2.24, 2.45) is 0 Å². The summed E-state index contributed by atoms with van der Waals surface area (Å²) in [5, 5.41) is 2.54. The lowest BCUT2D eigenvalue weighted by Crippen LogP contribution is -2.27. The highest BCUT2D eigenvalue weighted by Crippen LogP contribution is 2.36. The van der Waals surface area contributed by atoms with E-state index in [0.29, 0.717) is 21.9 Å². The number of anilines is 1. The van der Waals surface area contributed by atoms with Crippen LogP contribution in [0.5, 0.6) is 11.6 Å². The molecule has 0 aromatic carbocycles. The highest BCUT2D eigenvalue weighted by Gasteiger charge is 2.21. The normalized spacial score (nSPS) is 13.3. The first-order valence-electron chi connectivity index (χ1n) is 5.31. The molecule has 0 aliphatic carbocycles. The quantitative estimate of drug-likeness (QED) is 0.862. The fourth-order valence-electron chi connectivity index (χ4n) is 1.30. The van der Waals surface area contributed by atoms with Crippen LogP contribution in [0.25, 0.3) is 0 Å². The maximum Gasteiger partial charge on any atom is 0.413 e. The van der Waals surface area contributed by atoms with Crippen molar-refractivity contribution in [3.63, 3.8) is 0 Å². The minimum atomic E-state index is -0.574. The van der Waals surface area contributed by atoms with Crippen molar-refractivity contribution in [3.8, 4) is 11.6 Å². The monoisotopic (exact) mass is 316 g/mol. The first-order valence-corrected chi connectivity index (χ1v) is 6.10. The third-order valence-corrected chi connectivity index (χ3v) is 2.54. The lowest BCUT2D eigenvalue weighted by Gasteiger charge is -2.19. The van der Waals surface area contributed by atoms with E-state index in [4.69, 9.17) is 14.2 Å². The smallest absolute Gasteiger partial charge is 0.413 e. The predicted octanol–water partition coefficient (Wildman–Crippen LogP) is 2.92. The van der Waals surface area contributed by atoms with Gasteiger partial charge in [-0.3, -0.25) is 5.32 Å². The van der Waals surface area contributed by atoms with Gasteiger partial charge in [0.15, 0.2) is 11.6 Å². The van der Waals surface area contributed by atoms with Crippen molar-refractivity contribution in [2.75, 3.05) is 12.1 Å². The van der Waals surface area contributed by atoms with Gasteiger partial charge in [-0.2, -0.15) is 4.98 Å². The number of carbonyl (C=O) groups excluding carboxylic acids is 1. The number of hydrogen-bond acceptors (Lipinski definition) is 5. The molecule has 6 nitrogen and oxygen atoms in total. The number of fused-ring (bicyclic) bond motifs is 1. The molecule has 7 heteroatoms. The van der Waals surface area contributed by atoms with Gasteiger partial charge in [-0.05, 0) is 36.7 Å². The molecule has 2 heterocycles. The molecule has 0 bridgehead atoms. The lowest BCUT2D eigenvalue weighted by atomic mass is 10.2. The summed E-state index contributed by atoms with van der Waals surface area (Å²) < 4.78 is 16.0. The Hall–Kier alpha value is -1.50. The van der Waals surface area contributed by atoms with E-state index in [0.717, 1.165) is 0 Å². The van der Waals surface area contributed by atoms with Crippen LogP contribution in [-0.2, 0) is 4.74 Å². The number of nitrogens with zero attached hydrogens (tertiary/aromatic N) is 1. The van der Waals surface area contributed by atoms with Gasteiger partial charge in [-0.15, -0.1) is 0 Å². The molecule has 98 valence electrons. The second kappa shape index (κ2) is 4.64. The highest BCUT2D eigenvalue weighted by atomic mass is 79.9. The van der Waals surface area contributed by atoms with Crippen LogP contribution in [0, 0.1) is 0 Å². The summed E-state index contributed by atoms with van der Waals surface area (Å²) in [5.74, 6) is 1.22. The molecule has 2 rings (SSSR count). The third-order valence-electron chi connectivity index (χ3n) is 1.94. The molecule has 0 spiro atoms. The molecule has 1 aromatic heterocycles. The Balaban J connectivity index is 2.12. The van der Waals surface area contributed by atoms with Gasteiger partial charge < -0.3 is 14.2 Å². The Kier molecular flexibility index (Phi) is 3.34. The summed E-state index contributed by atoms with van der Waals surface area (Å²) >= 11 is 3.29. The van der Waals surface area contributed by atoms with E-state index in [2.05, 4.69) is 26.2 Å². The number of carbonyl (C=O) groups is 1. The fraction of sp³-hybridized carbons (Fsp3) is 0.455. The number of nitrogens with one attached hydrogen (secondary N) is 1. The van der Waals surface area contributed by atoms with E-state index in [1.807, 2.05) is 0 Å². The van der Waals surface area contributed by atoms with Gasteiger partial charge in [-0.1, -0.05) is 0 Å². The van der Waals surface area contributed by atoms with E-state index in [1.54, 1.807) is 26.8 Å². The van der Waals surface area contributed by atoms with Gasteiger partial charge in [0.25, 0.3) is 5.88 Å². The Morgan fingerprint density at radius 3 is 2.89 bits per heavy atom. The molecule has 1 N–H and O–H groups in total. The Morgan fingerprint density at radius 2 is 2.22 bits per heavy atom. The number of pyridine rings is 1. The van der Waals surface area contributed by atoms with Crippen LogP contribution in [0.4, 0.5) is 10.6 Å². The Bertz CT molecular complexity index is 485. The molecule has 1 aromatic rings. The lowest BCUT2D eigenvalue weighted by molar-refractivity contribution is 0.0635. The first-order chi connectivity index (χ1) is 8.35. The van der Waals surface area contributed by atoms with Gasteiger partial charge in [0.05, 0.1) is 4.47 Å². The molecule has 0 saturated heterocycles. The number of aromatic nitrogens is 1. The van der Waals surface area contributed by atoms with Gasteiger partial charge in [0.1, 0.15) is 5.60 Å². The summed E-state index contributed by atoms with van der Waals surface area (Å²) in [4.78, 5) is 15.7. The Morgan fingerprint density at radius 1 is 1.50 bits per heavy atom. The van der Waals surface area contributed by atoms with Crippen LogP contribution >= 0.6 is 15.9 Å². The number of halogens is 1. The van der Waals surface area contributed by atoms with E-state index in [9.17, 15) is 4.79 Å². The standard InChI is InChI=1S/C11H13BrN2O4/c1-11(2,3)18-10(15)14-8-6(12)4-7-9(13-8)17-5-16-7/h4H,5H2,1-3H3,(H,13,14,15). The molecule has 1 aliphatic heterocycles. The third kappa shape index (κ3) is 3.04. The van der Waals surface area contributed by atoms with Gasteiger partial charge in [0.2, 0.25) is 6.79 Å². The van der Waals surface area contributed by atoms with Crippen molar-refractivity contribution < 1.29 is 19.0 Å². The minimum Gasteiger partial charge on any atom is -0.452 e. The zero-order valence-electron chi connectivity index (χ0n) is 10.2. The molecule has 0 radical (unpaired) electrons. The fourth-order valence-corrected chi connectivity index (χ4v) is 1.69. The zero-order chi connectivity index (χ0) is 13.3. The number of rotatable bonds is 1. The molecule has 0 fully saturated rings. The summed E-state index contributed by atoms with van der Waals surface area (Å²) in [6, 6.07) is 1.68. The highest BCUT2D eigenvalue weighted by molar-refractivity contribution is 9.10. The van der Waals surface area contributed by atoms with E-state index < -0.39 is 11.7 Å². The van der Waals surface area contributed by atoms with Crippen LogP contribution in [0.1, 0.15) is 20.8 Å². The minimum absolute atomic E-state index is 0.130. The van der Waals surface area contributed by atoms with E-state index >= 15 is 0 Å². The number of hydrogen-bond donors (Lipinski definition) is 1. The summed E-state index contributed by atoms with van der Waals surface area (Å²) in [5.41, 5.74) is -0.563. The summed E-state index contributed by atoms with van der Waals surface area (Å²) in [6.07, 6.45) is -0.574. The first kappa shape index (κ1) is 12.9. The second-order valence-electron chi connectivity index (χ2n) is 4.66. The van der Waals surface area contributed by atoms with Crippen LogP contribution in [-0.4, -0.2) is 23.5 Å². The van der Waals surface area contributed by atoms with Crippen molar-refractivity contribution in [1.29, 1.82) is 0 Å². The van der Waals surface area contributed by atoms with Gasteiger partial charge >= 0.3 is 6.09 Å². The van der Waals surface area contributed by atoms with Crippen LogP contribution < -0.4 is 14.8 Å². The topological polar surface area (TPSA) is 69.7 Å². The van der Waals surface area contributed by atoms with Crippen molar-refractivity contribution >= 4 is 27.8 Å². The number of ether oxygens (including phenoxy) is 3. The molecule has 1 amide bonds. The molecule has 0 unspecified atom stereocenters. The SMILES string of the molecule is CC(C)(C)OC(=O)Nc1nc2c(cc1Br)OCO2. The van der Waals surface area contributed by atoms with Crippen LogP contribution in [0.2, 0.25) is 0 Å². The average Bonchev–Trinajstić information content (AvgIpc) is 2.62. The van der Waals surface area contributed by atoms with Crippen molar-refractivity contribution in [3.05, 3.63) is 10.5 Å². The zero-order valence-corrected chi connectivity index (χ0v) is 11.8. The van der Waals surface area contributed by atoms with Crippen LogP contribution in [0.3, 0.4) is 0 Å². The van der Waals surface area contributed by atoms with E-state index in [-0.39, 0.29) is 6.79 Å². The molecule has 18 heavy (non-hydrogen) atoms. The summed E-state index contributed by atoms with van der Waals surface area (Å²) in [6.45, 7) is 5.49.